The van der Waals surface area contributed by atoms with Gasteiger partial charge in [-0.05, 0) is 25.3 Å². The third-order valence-corrected chi connectivity index (χ3v) is 2.44. The molecule has 0 spiro atoms. The SMILES string of the molecule is CCOC(=O)NC(=O)c1ccsc1C. The Morgan fingerprint density at radius 1 is 1.57 bits per heavy atom. The van der Waals surface area contributed by atoms with Crippen LogP contribution in [0, 0.1) is 6.92 Å². The van der Waals surface area contributed by atoms with Crippen LogP contribution in [-0.4, -0.2) is 18.6 Å². The van der Waals surface area contributed by atoms with Crippen LogP contribution >= 0.6 is 11.3 Å². The number of nitrogens with one attached hydrogen (secondary N) is 1. The predicted octanol–water partition coefficient (Wildman–Crippen LogP) is 1.94. The first-order valence-corrected chi connectivity index (χ1v) is 5.05. The average molecular weight is 213 g/mol. The highest BCUT2D eigenvalue weighted by Gasteiger charge is 2.13. The van der Waals surface area contributed by atoms with Gasteiger partial charge in [-0.3, -0.25) is 10.1 Å². The monoisotopic (exact) mass is 213 g/mol. The summed E-state index contributed by atoms with van der Waals surface area (Å²) in [7, 11) is 0. The van der Waals surface area contributed by atoms with Crippen molar-refractivity contribution in [3.8, 4) is 0 Å². The number of thiophene rings is 1. The molecule has 4 nitrogen and oxygen atoms in total. The van der Waals surface area contributed by atoms with Crippen LogP contribution in [0.15, 0.2) is 11.4 Å². The molecular formula is C9H11NO3S. The number of aryl methyl sites for hydroxylation is 1. The summed E-state index contributed by atoms with van der Waals surface area (Å²) in [5, 5.41) is 3.93. The lowest BCUT2D eigenvalue weighted by atomic mass is 10.2. The van der Waals surface area contributed by atoms with Gasteiger partial charge >= 0.3 is 6.09 Å². The molecule has 0 aliphatic heterocycles. The second-order valence-electron chi connectivity index (χ2n) is 2.57. The maximum absolute atomic E-state index is 11.4. The molecule has 1 N–H and O–H groups in total. The Hall–Kier alpha value is -1.36. The van der Waals surface area contributed by atoms with Crippen molar-refractivity contribution >= 4 is 23.3 Å². The largest absolute Gasteiger partial charge is 0.450 e. The third kappa shape index (κ3) is 2.56. The molecular weight excluding hydrogens is 202 g/mol. The van der Waals surface area contributed by atoms with Crippen LogP contribution in [0.3, 0.4) is 0 Å². The van der Waals surface area contributed by atoms with Crippen LogP contribution in [0.25, 0.3) is 0 Å². The van der Waals surface area contributed by atoms with Gasteiger partial charge in [0.05, 0.1) is 12.2 Å². The van der Waals surface area contributed by atoms with E-state index in [1.807, 2.05) is 6.92 Å². The van der Waals surface area contributed by atoms with E-state index >= 15 is 0 Å². The average Bonchev–Trinajstić information content (AvgIpc) is 2.51. The molecule has 0 atom stereocenters. The highest BCUT2D eigenvalue weighted by atomic mass is 32.1. The first kappa shape index (κ1) is 10.7. The molecule has 0 fully saturated rings. The van der Waals surface area contributed by atoms with Gasteiger partial charge in [-0.1, -0.05) is 0 Å². The summed E-state index contributed by atoms with van der Waals surface area (Å²) in [6.45, 7) is 3.76. The Morgan fingerprint density at radius 3 is 2.79 bits per heavy atom. The van der Waals surface area contributed by atoms with E-state index in [1.54, 1.807) is 18.4 Å². The zero-order valence-electron chi connectivity index (χ0n) is 7.99. The van der Waals surface area contributed by atoms with Crippen LogP contribution in [0.1, 0.15) is 22.2 Å². The zero-order chi connectivity index (χ0) is 10.6. The number of hydrogen-bond acceptors (Lipinski definition) is 4. The summed E-state index contributed by atoms with van der Waals surface area (Å²) in [6.07, 6.45) is -0.705. The summed E-state index contributed by atoms with van der Waals surface area (Å²) in [5.74, 6) is -0.415. The summed E-state index contributed by atoms with van der Waals surface area (Å²) in [4.78, 5) is 23.2. The van der Waals surface area contributed by atoms with Crippen molar-refractivity contribution in [3.05, 3.63) is 21.9 Å². The van der Waals surface area contributed by atoms with Gasteiger partial charge in [0.25, 0.3) is 5.91 Å². The smallest absolute Gasteiger partial charge is 0.414 e. The predicted molar refractivity (Wildman–Crippen MR) is 53.5 cm³/mol. The number of amides is 2. The van der Waals surface area contributed by atoms with Crippen LogP contribution in [0.4, 0.5) is 4.79 Å². The van der Waals surface area contributed by atoms with Crippen molar-refractivity contribution in [2.45, 2.75) is 13.8 Å². The second kappa shape index (κ2) is 4.76. The number of imide groups is 1. The van der Waals surface area contributed by atoms with E-state index < -0.39 is 12.0 Å². The maximum atomic E-state index is 11.4. The van der Waals surface area contributed by atoms with E-state index in [0.29, 0.717) is 5.56 Å². The minimum atomic E-state index is -0.705. The molecule has 0 aromatic carbocycles. The van der Waals surface area contributed by atoms with Crippen LogP contribution < -0.4 is 5.32 Å². The lowest BCUT2D eigenvalue weighted by Gasteiger charge is -2.02. The third-order valence-electron chi connectivity index (χ3n) is 1.59. The highest BCUT2D eigenvalue weighted by Crippen LogP contribution is 2.14. The number of hydrogen-bond donors (Lipinski definition) is 1. The van der Waals surface area contributed by atoms with Crippen molar-refractivity contribution in [1.82, 2.24) is 5.32 Å². The molecule has 1 heterocycles. The molecule has 0 aliphatic rings. The molecule has 1 aromatic rings. The normalized spacial score (nSPS) is 9.57. The van der Waals surface area contributed by atoms with E-state index in [0.717, 1.165) is 4.88 Å². The topological polar surface area (TPSA) is 55.4 Å². The fraction of sp³-hybridized carbons (Fsp3) is 0.333. The summed E-state index contributed by atoms with van der Waals surface area (Å²) in [6, 6.07) is 1.68. The van der Waals surface area contributed by atoms with E-state index in [-0.39, 0.29) is 6.61 Å². The molecule has 0 bridgehead atoms. The van der Waals surface area contributed by atoms with Crippen LogP contribution in [-0.2, 0) is 4.74 Å². The maximum Gasteiger partial charge on any atom is 0.414 e. The van der Waals surface area contributed by atoms with E-state index in [4.69, 9.17) is 0 Å². The van der Waals surface area contributed by atoms with Gasteiger partial charge in [-0.25, -0.2) is 4.79 Å². The van der Waals surface area contributed by atoms with Crippen molar-refractivity contribution in [2.24, 2.45) is 0 Å². The van der Waals surface area contributed by atoms with Gasteiger partial charge in [0.15, 0.2) is 0 Å². The van der Waals surface area contributed by atoms with Crippen molar-refractivity contribution in [2.75, 3.05) is 6.61 Å². The van der Waals surface area contributed by atoms with E-state index in [2.05, 4.69) is 10.1 Å². The highest BCUT2D eigenvalue weighted by molar-refractivity contribution is 7.10. The zero-order valence-corrected chi connectivity index (χ0v) is 8.81. The van der Waals surface area contributed by atoms with Crippen molar-refractivity contribution in [1.29, 1.82) is 0 Å². The number of rotatable bonds is 2. The van der Waals surface area contributed by atoms with Crippen LogP contribution in [0.5, 0.6) is 0 Å². The fourth-order valence-corrected chi connectivity index (χ4v) is 1.64. The van der Waals surface area contributed by atoms with Crippen molar-refractivity contribution in [3.63, 3.8) is 0 Å². The van der Waals surface area contributed by atoms with Gasteiger partial charge in [0.1, 0.15) is 0 Å². The molecule has 0 saturated carbocycles. The van der Waals surface area contributed by atoms with Gasteiger partial charge in [-0.2, -0.15) is 0 Å². The Morgan fingerprint density at radius 2 is 2.29 bits per heavy atom. The summed E-state index contributed by atoms with van der Waals surface area (Å²) >= 11 is 1.46. The van der Waals surface area contributed by atoms with Gasteiger partial charge in [0.2, 0.25) is 0 Å². The molecule has 0 aliphatic carbocycles. The quantitative estimate of drug-likeness (QED) is 0.816. The molecule has 14 heavy (non-hydrogen) atoms. The Bertz CT molecular complexity index is 346. The lowest BCUT2D eigenvalue weighted by Crippen LogP contribution is -2.31. The molecule has 0 unspecified atom stereocenters. The van der Waals surface area contributed by atoms with E-state index in [1.165, 1.54) is 11.3 Å². The summed E-state index contributed by atoms with van der Waals surface area (Å²) < 4.78 is 4.58. The van der Waals surface area contributed by atoms with E-state index in [9.17, 15) is 9.59 Å². The summed E-state index contributed by atoms with van der Waals surface area (Å²) in [5.41, 5.74) is 0.517. The van der Waals surface area contributed by atoms with Gasteiger partial charge in [0, 0.05) is 4.88 Å². The lowest BCUT2D eigenvalue weighted by molar-refractivity contribution is 0.0925. The first-order chi connectivity index (χ1) is 6.65. The number of carbonyl (C=O) groups is 2. The Balaban J connectivity index is 2.59. The minimum Gasteiger partial charge on any atom is -0.450 e. The van der Waals surface area contributed by atoms with Crippen LogP contribution in [0.2, 0.25) is 0 Å². The number of carbonyl (C=O) groups excluding carboxylic acids is 2. The number of ether oxygens (including phenoxy) is 1. The molecule has 0 radical (unpaired) electrons. The first-order valence-electron chi connectivity index (χ1n) is 4.17. The molecule has 2 amide bonds. The fourth-order valence-electron chi connectivity index (χ4n) is 0.948. The molecule has 76 valence electrons. The second-order valence-corrected chi connectivity index (χ2v) is 3.69. The Labute approximate surface area is 85.9 Å². The standard InChI is InChI=1S/C9H11NO3S/c1-3-13-9(12)10-8(11)7-4-5-14-6(7)2/h4-5H,3H2,1-2H3,(H,10,11,12). The van der Waals surface area contributed by atoms with Crippen molar-refractivity contribution < 1.29 is 14.3 Å². The molecule has 0 saturated heterocycles. The Kier molecular flexibility index (Phi) is 3.64. The minimum absolute atomic E-state index is 0.252. The molecule has 1 aromatic heterocycles. The molecule has 1 rings (SSSR count). The van der Waals surface area contributed by atoms with Gasteiger partial charge < -0.3 is 4.74 Å². The number of alkyl carbamates (subject to hydrolysis) is 1. The molecule has 5 heteroatoms. The van der Waals surface area contributed by atoms with Gasteiger partial charge in [-0.15, -0.1) is 11.3 Å².